The Bertz CT molecular complexity index is 227. The molecular weight excluding hydrogens is 351 g/mol. The molecule has 1 unspecified atom stereocenters. The van der Waals surface area contributed by atoms with Crippen LogP contribution >= 0.6 is 24.0 Å². The SMILES string of the molecule is CCCCNC(N)=NCC(C(CC)CC)N(C)C.I. The summed E-state index contributed by atoms with van der Waals surface area (Å²) < 4.78 is 0. The summed E-state index contributed by atoms with van der Waals surface area (Å²) in [4.78, 5) is 6.74. The second-order valence-corrected chi connectivity index (χ2v) is 5.11. The standard InChI is InChI=1S/C14H32N4.HI/c1-6-9-10-16-14(15)17-11-13(18(4)5)12(7-2)8-3;/h12-13H,6-11H2,1-5H3,(H3,15,16,17);1H. The summed E-state index contributed by atoms with van der Waals surface area (Å²) in [5.41, 5.74) is 5.87. The number of hydrogen-bond donors (Lipinski definition) is 2. The fraction of sp³-hybridized carbons (Fsp3) is 0.929. The van der Waals surface area contributed by atoms with Gasteiger partial charge in [0, 0.05) is 12.6 Å². The molecule has 0 aliphatic heterocycles. The minimum Gasteiger partial charge on any atom is -0.370 e. The number of likely N-dealkylation sites (N-methyl/N-ethyl adjacent to an activating group) is 1. The van der Waals surface area contributed by atoms with E-state index in [1.807, 2.05) is 0 Å². The van der Waals surface area contributed by atoms with Crippen LogP contribution < -0.4 is 11.1 Å². The van der Waals surface area contributed by atoms with Crippen LogP contribution in [0.25, 0.3) is 0 Å². The van der Waals surface area contributed by atoms with Gasteiger partial charge in [-0.3, -0.25) is 4.99 Å². The number of rotatable bonds is 9. The van der Waals surface area contributed by atoms with Crippen LogP contribution in [0.2, 0.25) is 0 Å². The van der Waals surface area contributed by atoms with Crippen LogP contribution in [0.15, 0.2) is 4.99 Å². The lowest BCUT2D eigenvalue weighted by molar-refractivity contribution is 0.206. The summed E-state index contributed by atoms with van der Waals surface area (Å²) in [7, 11) is 4.25. The van der Waals surface area contributed by atoms with E-state index in [4.69, 9.17) is 5.73 Å². The van der Waals surface area contributed by atoms with Crippen molar-refractivity contribution in [3.63, 3.8) is 0 Å². The Morgan fingerprint density at radius 2 is 1.79 bits per heavy atom. The Hall–Kier alpha value is -0.0400. The predicted molar refractivity (Wildman–Crippen MR) is 96.4 cm³/mol. The molecule has 0 aromatic heterocycles. The molecule has 0 spiro atoms. The van der Waals surface area contributed by atoms with E-state index in [0.29, 0.717) is 17.9 Å². The second kappa shape index (κ2) is 13.0. The molecule has 3 N–H and O–H groups in total. The largest absolute Gasteiger partial charge is 0.370 e. The highest BCUT2D eigenvalue weighted by Crippen LogP contribution is 2.17. The number of aliphatic imine (C=N–C) groups is 1. The number of guanidine groups is 1. The van der Waals surface area contributed by atoms with Crippen LogP contribution in [-0.4, -0.2) is 44.1 Å². The van der Waals surface area contributed by atoms with Crippen molar-refractivity contribution in [2.24, 2.45) is 16.6 Å². The van der Waals surface area contributed by atoms with E-state index in [-0.39, 0.29) is 24.0 Å². The summed E-state index contributed by atoms with van der Waals surface area (Å²) in [5, 5.41) is 3.16. The van der Waals surface area contributed by atoms with Gasteiger partial charge in [0.2, 0.25) is 0 Å². The maximum atomic E-state index is 5.87. The molecule has 19 heavy (non-hydrogen) atoms. The zero-order chi connectivity index (χ0) is 14.0. The van der Waals surface area contributed by atoms with Gasteiger partial charge >= 0.3 is 0 Å². The highest BCUT2D eigenvalue weighted by molar-refractivity contribution is 14.0. The maximum absolute atomic E-state index is 5.87. The van der Waals surface area contributed by atoms with E-state index in [9.17, 15) is 0 Å². The van der Waals surface area contributed by atoms with Gasteiger partial charge in [-0.05, 0) is 26.4 Å². The summed E-state index contributed by atoms with van der Waals surface area (Å²) in [6.07, 6.45) is 4.70. The Morgan fingerprint density at radius 1 is 1.21 bits per heavy atom. The lowest BCUT2D eigenvalue weighted by atomic mass is 9.93. The fourth-order valence-electron chi connectivity index (χ4n) is 2.21. The first-order chi connectivity index (χ1) is 8.56. The predicted octanol–water partition coefficient (Wildman–Crippen LogP) is 2.68. The van der Waals surface area contributed by atoms with Crippen LogP contribution in [0.5, 0.6) is 0 Å². The number of nitrogens with zero attached hydrogens (tertiary/aromatic N) is 2. The number of nitrogens with two attached hydrogens (primary N) is 1. The first-order valence-electron chi connectivity index (χ1n) is 7.26. The number of unbranched alkanes of at least 4 members (excludes halogenated alkanes) is 1. The van der Waals surface area contributed by atoms with E-state index < -0.39 is 0 Å². The van der Waals surface area contributed by atoms with Gasteiger partial charge in [0.15, 0.2) is 5.96 Å². The van der Waals surface area contributed by atoms with Gasteiger partial charge in [-0.1, -0.05) is 40.0 Å². The Morgan fingerprint density at radius 3 is 2.21 bits per heavy atom. The minimum absolute atomic E-state index is 0. The van der Waals surface area contributed by atoms with Crippen molar-refractivity contribution < 1.29 is 0 Å². The molecule has 5 heteroatoms. The van der Waals surface area contributed by atoms with Gasteiger partial charge in [0.1, 0.15) is 0 Å². The molecule has 0 fully saturated rings. The van der Waals surface area contributed by atoms with Gasteiger partial charge in [0.25, 0.3) is 0 Å². The smallest absolute Gasteiger partial charge is 0.188 e. The van der Waals surface area contributed by atoms with Crippen molar-refractivity contribution in [2.45, 2.75) is 52.5 Å². The molecule has 116 valence electrons. The molecule has 0 saturated heterocycles. The molecule has 0 aliphatic carbocycles. The van der Waals surface area contributed by atoms with Crippen molar-refractivity contribution in [3.8, 4) is 0 Å². The monoisotopic (exact) mass is 384 g/mol. The lowest BCUT2D eigenvalue weighted by Gasteiger charge is -2.30. The summed E-state index contributed by atoms with van der Waals surface area (Å²) in [5.74, 6) is 1.27. The van der Waals surface area contributed by atoms with E-state index >= 15 is 0 Å². The third-order valence-corrected chi connectivity index (χ3v) is 3.54. The Kier molecular flexibility index (Phi) is 14.5. The highest BCUT2D eigenvalue weighted by atomic mass is 127. The molecule has 0 aliphatic rings. The third-order valence-electron chi connectivity index (χ3n) is 3.54. The van der Waals surface area contributed by atoms with E-state index in [1.165, 1.54) is 19.3 Å². The molecule has 0 aromatic rings. The summed E-state index contributed by atoms with van der Waals surface area (Å²) in [6, 6.07) is 0.478. The fourth-order valence-corrected chi connectivity index (χ4v) is 2.21. The van der Waals surface area contributed by atoms with Crippen LogP contribution in [0.4, 0.5) is 0 Å². The van der Waals surface area contributed by atoms with Crippen LogP contribution in [-0.2, 0) is 0 Å². The van der Waals surface area contributed by atoms with Gasteiger partial charge in [0.05, 0.1) is 6.54 Å². The first-order valence-corrected chi connectivity index (χ1v) is 7.26. The van der Waals surface area contributed by atoms with Crippen molar-refractivity contribution in [1.29, 1.82) is 0 Å². The van der Waals surface area contributed by atoms with Gasteiger partial charge in [-0.15, -0.1) is 24.0 Å². The Labute approximate surface area is 136 Å². The average Bonchev–Trinajstić information content (AvgIpc) is 2.34. The molecule has 0 heterocycles. The lowest BCUT2D eigenvalue weighted by Crippen LogP contribution is -2.39. The third kappa shape index (κ3) is 9.49. The molecule has 0 bridgehead atoms. The van der Waals surface area contributed by atoms with Crippen molar-refractivity contribution in [2.75, 3.05) is 27.2 Å². The minimum atomic E-state index is 0. The maximum Gasteiger partial charge on any atom is 0.188 e. The van der Waals surface area contributed by atoms with E-state index in [2.05, 4.69) is 50.1 Å². The molecule has 4 nitrogen and oxygen atoms in total. The first kappa shape index (κ1) is 21.3. The van der Waals surface area contributed by atoms with Crippen LogP contribution in [0.3, 0.4) is 0 Å². The molecular formula is C14H33IN4. The topological polar surface area (TPSA) is 53.6 Å². The van der Waals surface area contributed by atoms with Crippen LogP contribution in [0, 0.1) is 5.92 Å². The molecule has 0 saturated carbocycles. The Balaban J connectivity index is 0. The quantitative estimate of drug-likeness (QED) is 0.278. The van der Waals surface area contributed by atoms with E-state index in [1.54, 1.807) is 0 Å². The molecule has 1 atom stereocenters. The zero-order valence-electron chi connectivity index (χ0n) is 13.3. The van der Waals surface area contributed by atoms with Gasteiger partial charge in [-0.2, -0.15) is 0 Å². The van der Waals surface area contributed by atoms with Crippen LogP contribution in [0.1, 0.15) is 46.5 Å². The average molecular weight is 384 g/mol. The van der Waals surface area contributed by atoms with Crippen molar-refractivity contribution >= 4 is 29.9 Å². The second-order valence-electron chi connectivity index (χ2n) is 5.11. The molecule has 0 radical (unpaired) electrons. The van der Waals surface area contributed by atoms with Gasteiger partial charge < -0.3 is 16.0 Å². The normalized spacial score (nSPS) is 13.5. The van der Waals surface area contributed by atoms with Crippen molar-refractivity contribution in [3.05, 3.63) is 0 Å². The highest BCUT2D eigenvalue weighted by Gasteiger charge is 2.20. The summed E-state index contributed by atoms with van der Waals surface area (Å²) >= 11 is 0. The number of nitrogens with one attached hydrogen (secondary N) is 1. The number of hydrogen-bond acceptors (Lipinski definition) is 2. The van der Waals surface area contributed by atoms with Crippen molar-refractivity contribution in [1.82, 2.24) is 10.2 Å². The molecule has 0 amide bonds. The number of halogens is 1. The molecule has 0 aromatic carbocycles. The van der Waals surface area contributed by atoms with E-state index in [0.717, 1.165) is 19.5 Å². The summed E-state index contributed by atoms with van der Waals surface area (Å²) in [6.45, 7) is 8.37. The van der Waals surface area contributed by atoms with Gasteiger partial charge in [-0.25, -0.2) is 0 Å². The molecule has 0 rings (SSSR count). The zero-order valence-corrected chi connectivity index (χ0v) is 15.6.